The third-order valence-electron chi connectivity index (χ3n) is 2.35. The van der Waals surface area contributed by atoms with E-state index in [0.717, 1.165) is 16.0 Å². The van der Waals surface area contributed by atoms with Crippen LogP contribution in [0.25, 0.3) is 10.2 Å². The van der Waals surface area contributed by atoms with Gasteiger partial charge in [0.15, 0.2) is 0 Å². The largest absolute Gasteiger partial charge is 0.490 e. The van der Waals surface area contributed by atoms with Crippen molar-refractivity contribution in [2.45, 2.75) is 4.34 Å². The van der Waals surface area contributed by atoms with Crippen molar-refractivity contribution in [3.05, 3.63) is 30.9 Å². The summed E-state index contributed by atoms with van der Waals surface area (Å²) in [5.74, 6) is 0.645. The third-order valence-corrected chi connectivity index (χ3v) is 4.94. The molecule has 8 heteroatoms. The fourth-order valence-corrected chi connectivity index (χ4v) is 3.60. The van der Waals surface area contributed by atoms with Gasteiger partial charge in [0.2, 0.25) is 4.34 Å². The van der Waals surface area contributed by atoms with Crippen LogP contribution in [0.15, 0.2) is 39.6 Å². The van der Waals surface area contributed by atoms with Crippen LogP contribution in [0.3, 0.4) is 0 Å². The summed E-state index contributed by atoms with van der Waals surface area (Å²) < 4.78 is 33.8. The fraction of sp³-hybridized carbons (Fsp3) is 0.231. The maximum atomic E-state index is 12.0. The molecular weight excluding hydrogens is 310 g/mol. The second-order valence-electron chi connectivity index (χ2n) is 4.37. The quantitative estimate of drug-likeness (QED) is 0.462. The lowest BCUT2D eigenvalue weighted by Gasteiger charge is -2.01. The van der Waals surface area contributed by atoms with E-state index >= 15 is 0 Å². The Morgan fingerprint density at radius 2 is 2.24 bits per heavy atom. The summed E-state index contributed by atoms with van der Waals surface area (Å²) in [4.78, 5) is 5.65. The Balaban J connectivity index is 2.36. The van der Waals surface area contributed by atoms with Crippen molar-refractivity contribution in [3.8, 4) is 5.75 Å². The Labute approximate surface area is 127 Å². The molecule has 1 aromatic carbocycles. The van der Waals surface area contributed by atoms with E-state index < -0.39 is 10.0 Å². The van der Waals surface area contributed by atoms with Crippen LogP contribution in [-0.2, 0) is 10.0 Å². The van der Waals surface area contributed by atoms with Gasteiger partial charge in [0.05, 0.1) is 10.2 Å². The van der Waals surface area contributed by atoms with Crippen LogP contribution in [-0.4, -0.2) is 45.3 Å². The molecular formula is C13H15N3O3S2. The van der Waals surface area contributed by atoms with Gasteiger partial charge in [-0.15, -0.1) is 15.7 Å². The Kier molecular flexibility index (Phi) is 4.59. The molecule has 0 bridgehead atoms. The van der Waals surface area contributed by atoms with Crippen LogP contribution < -0.4 is 4.74 Å². The van der Waals surface area contributed by atoms with Crippen molar-refractivity contribution in [3.63, 3.8) is 0 Å². The predicted molar refractivity (Wildman–Crippen MR) is 84.7 cm³/mol. The van der Waals surface area contributed by atoms with Crippen LogP contribution >= 0.6 is 11.3 Å². The van der Waals surface area contributed by atoms with E-state index in [9.17, 15) is 8.42 Å². The van der Waals surface area contributed by atoms with Crippen LogP contribution in [0.4, 0.5) is 0 Å². The summed E-state index contributed by atoms with van der Waals surface area (Å²) in [6.45, 7) is 3.97. The molecule has 0 N–H and O–H groups in total. The minimum atomic E-state index is -3.77. The van der Waals surface area contributed by atoms with E-state index in [2.05, 4.69) is 16.0 Å². The standard InChI is InChI=1S/C13H15N3O3S2/c1-4-7-19-10-5-6-11-12(8-10)20-13(15-11)21(17,18)14-9-16(2)3/h4-6,8-9H,1,7H2,2-3H3/b14-9+. The monoisotopic (exact) mass is 325 g/mol. The molecule has 2 rings (SSSR count). The summed E-state index contributed by atoms with van der Waals surface area (Å²) in [6.07, 6.45) is 2.88. The maximum absolute atomic E-state index is 12.0. The van der Waals surface area contributed by atoms with E-state index in [-0.39, 0.29) is 4.34 Å². The zero-order valence-electron chi connectivity index (χ0n) is 11.7. The first-order chi connectivity index (χ1) is 9.92. The van der Waals surface area contributed by atoms with Gasteiger partial charge in [-0.1, -0.05) is 12.7 Å². The van der Waals surface area contributed by atoms with E-state index in [1.165, 1.54) is 6.34 Å². The first-order valence-corrected chi connectivity index (χ1v) is 8.29. The second kappa shape index (κ2) is 6.23. The number of hydrogen-bond donors (Lipinski definition) is 0. The topological polar surface area (TPSA) is 71.9 Å². The molecule has 2 aromatic rings. The molecule has 6 nitrogen and oxygen atoms in total. The van der Waals surface area contributed by atoms with Crippen LogP contribution in [0, 0.1) is 0 Å². The fourth-order valence-electron chi connectivity index (χ4n) is 1.44. The smallest absolute Gasteiger partial charge is 0.311 e. The molecule has 0 spiro atoms. The molecule has 1 aromatic heterocycles. The zero-order valence-corrected chi connectivity index (χ0v) is 13.3. The molecule has 0 aliphatic carbocycles. The van der Waals surface area contributed by atoms with Crippen molar-refractivity contribution >= 4 is 37.9 Å². The van der Waals surface area contributed by atoms with Gasteiger partial charge < -0.3 is 9.64 Å². The van der Waals surface area contributed by atoms with Crippen molar-refractivity contribution in [1.82, 2.24) is 9.88 Å². The summed E-state index contributed by atoms with van der Waals surface area (Å²) >= 11 is 1.07. The Morgan fingerprint density at radius 3 is 2.90 bits per heavy atom. The van der Waals surface area contributed by atoms with Gasteiger partial charge in [-0.2, -0.15) is 8.42 Å². The summed E-state index contributed by atoms with van der Waals surface area (Å²) in [7, 11) is -0.379. The highest BCUT2D eigenvalue weighted by Gasteiger charge is 2.18. The van der Waals surface area contributed by atoms with Crippen LogP contribution in [0.5, 0.6) is 5.75 Å². The van der Waals surface area contributed by atoms with Gasteiger partial charge in [-0.3, -0.25) is 0 Å². The van der Waals surface area contributed by atoms with E-state index in [4.69, 9.17) is 4.74 Å². The number of benzene rings is 1. The number of thiazole rings is 1. The Bertz CT molecular complexity index is 779. The van der Waals surface area contributed by atoms with E-state index in [1.54, 1.807) is 43.3 Å². The second-order valence-corrected chi connectivity index (χ2v) is 7.21. The average Bonchev–Trinajstić information content (AvgIpc) is 2.87. The first-order valence-electron chi connectivity index (χ1n) is 6.03. The summed E-state index contributed by atoms with van der Waals surface area (Å²) in [5, 5.41) is 0. The predicted octanol–water partition coefficient (Wildman–Crippen LogP) is 2.14. The number of fused-ring (bicyclic) bond motifs is 1. The molecule has 1 heterocycles. The molecule has 112 valence electrons. The molecule has 0 aliphatic rings. The number of aromatic nitrogens is 1. The van der Waals surface area contributed by atoms with Gasteiger partial charge in [0.25, 0.3) is 0 Å². The number of hydrogen-bond acceptors (Lipinski definition) is 5. The molecule has 21 heavy (non-hydrogen) atoms. The molecule has 0 fully saturated rings. The van der Waals surface area contributed by atoms with Crippen molar-refractivity contribution in [2.24, 2.45) is 4.40 Å². The number of ether oxygens (including phenoxy) is 1. The van der Waals surface area contributed by atoms with Crippen LogP contribution in [0.1, 0.15) is 0 Å². The third kappa shape index (κ3) is 3.79. The van der Waals surface area contributed by atoms with Gasteiger partial charge >= 0.3 is 10.0 Å². The first kappa shape index (κ1) is 15.5. The van der Waals surface area contributed by atoms with Crippen LogP contribution in [0.2, 0.25) is 0 Å². The van der Waals surface area contributed by atoms with Gasteiger partial charge in [-0.25, -0.2) is 4.98 Å². The minimum absolute atomic E-state index is 0.0310. The SMILES string of the molecule is C=CCOc1ccc2nc(S(=O)(=O)/N=C/N(C)C)sc2c1. The highest BCUT2D eigenvalue weighted by Crippen LogP contribution is 2.29. The summed E-state index contributed by atoms with van der Waals surface area (Å²) in [6, 6.07) is 5.22. The molecule has 0 atom stereocenters. The molecule has 0 amide bonds. The highest BCUT2D eigenvalue weighted by molar-refractivity contribution is 7.92. The highest BCUT2D eigenvalue weighted by atomic mass is 32.2. The Hall–Kier alpha value is -1.93. The lowest BCUT2D eigenvalue weighted by molar-refractivity contribution is 0.364. The normalized spacial score (nSPS) is 11.9. The molecule has 0 unspecified atom stereocenters. The number of nitrogens with zero attached hydrogens (tertiary/aromatic N) is 3. The van der Waals surface area contributed by atoms with E-state index in [1.807, 2.05) is 0 Å². The number of rotatable bonds is 6. The summed E-state index contributed by atoms with van der Waals surface area (Å²) in [5.41, 5.74) is 0.601. The lowest BCUT2D eigenvalue weighted by Crippen LogP contribution is -2.10. The zero-order chi connectivity index (χ0) is 15.5. The lowest BCUT2D eigenvalue weighted by atomic mass is 10.3. The van der Waals surface area contributed by atoms with Gasteiger partial charge in [0, 0.05) is 14.1 Å². The molecule has 0 radical (unpaired) electrons. The van der Waals surface area contributed by atoms with Crippen molar-refractivity contribution in [2.75, 3.05) is 20.7 Å². The maximum Gasteiger partial charge on any atom is 0.311 e. The average molecular weight is 325 g/mol. The number of sulfonamides is 1. The molecule has 0 saturated carbocycles. The van der Waals surface area contributed by atoms with E-state index in [0.29, 0.717) is 17.9 Å². The van der Waals surface area contributed by atoms with Gasteiger partial charge in [-0.05, 0) is 18.2 Å². The molecule has 0 aliphatic heterocycles. The Morgan fingerprint density at radius 1 is 1.48 bits per heavy atom. The van der Waals surface area contributed by atoms with Crippen molar-refractivity contribution in [1.29, 1.82) is 0 Å². The van der Waals surface area contributed by atoms with Crippen molar-refractivity contribution < 1.29 is 13.2 Å². The van der Waals surface area contributed by atoms with Gasteiger partial charge in [0.1, 0.15) is 18.7 Å². The minimum Gasteiger partial charge on any atom is -0.490 e. The molecule has 0 saturated heterocycles.